The first-order valence-corrected chi connectivity index (χ1v) is 5.97. The van der Waals surface area contributed by atoms with Crippen LogP contribution in [0.3, 0.4) is 0 Å². The summed E-state index contributed by atoms with van der Waals surface area (Å²) in [6.07, 6.45) is -1.43. The molecule has 0 radical (unpaired) electrons. The Labute approximate surface area is 107 Å². The standard InChI is InChI=1S/C12H20N2O4/c1-12(2,3)18-11(16)14-6-7-17-8-9(14)10(15)4-5-13/h9-10,15H,4,6-8H2,1-3H3. The first-order chi connectivity index (χ1) is 8.35. The Kier molecular flexibility index (Phi) is 4.93. The van der Waals surface area contributed by atoms with Gasteiger partial charge in [0.1, 0.15) is 5.60 Å². The van der Waals surface area contributed by atoms with E-state index in [9.17, 15) is 9.90 Å². The van der Waals surface area contributed by atoms with Crippen molar-refractivity contribution in [2.24, 2.45) is 0 Å². The quantitative estimate of drug-likeness (QED) is 0.793. The number of amides is 1. The van der Waals surface area contributed by atoms with E-state index in [4.69, 9.17) is 14.7 Å². The van der Waals surface area contributed by atoms with Crippen molar-refractivity contribution in [2.45, 2.75) is 44.9 Å². The molecule has 1 fully saturated rings. The first-order valence-electron chi connectivity index (χ1n) is 5.97. The number of rotatable bonds is 2. The van der Waals surface area contributed by atoms with Crippen LogP contribution < -0.4 is 0 Å². The highest BCUT2D eigenvalue weighted by Crippen LogP contribution is 2.17. The summed E-state index contributed by atoms with van der Waals surface area (Å²) in [7, 11) is 0. The van der Waals surface area contributed by atoms with Gasteiger partial charge in [0.25, 0.3) is 0 Å². The molecule has 1 amide bonds. The molecule has 0 saturated carbocycles. The van der Waals surface area contributed by atoms with Crippen molar-refractivity contribution < 1.29 is 19.4 Å². The Morgan fingerprint density at radius 1 is 1.67 bits per heavy atom. The summed E-state index contributed by atoms with van der Waals surface area (Å²) in [6, 6.07) is 1.37. The average Bonchev–Trinajstić information content (AvgIpc) is 2.27. The first kappa shape index (κ1) is 14.7. The summed E-state index contributed by atoms with van der Waals surface area (Å²) in [6.45, 7) is 6.35. The summed E-state index contributed by atoms with van der Waals surface area (Å²) >= 11 is 0. The Morgan fingerprint density at radius 3 is 2.89 bits per heavy atom. The van der Waals surface area contributed by atoms with Crippen LogP contribution in [0.15, 0.2) is 0 Å². The summed E-state index contributed by atoms with van der Waals surface area (Å²) in [5.74, 6) is 0. The van der Waals surface area contributed by atoms with Gasteiger partial charge in [-0.05, 0) is 20.8 Å². The van der Waals surface area contributed by atoms with Crippen LogP contribution in [-0.4, -0.2) is 53.6 Å². The Bertz CT molecular complexity index is 332. The topological polar surface area (TPSA) is 82.8 Å². The number of carbonyl (C=O) groups is 1. The largest absolute Gasteiger partial charge is 0.444 e. The molecule has 0 bridgehead atoms. The van der Waals surface area contributed by atoms with Crippen molar-refractivity contribution in [2.75, 3.05) is 19.8 Å². The molecule has 0 aliphatic carbocycles. The van der Waals surface area contributed by atoms with Crippen molar-refractivity contribution in [3.63, 3.8) is 0 Å². The molecule has 102 valence electrons. The molecule has 0 aromatic carbocycles. The zero-order valence-corrected chi connectivity index (χ0v) is 11.0. The van der Waals surface area contributed by atoms with Crippen LogP contribution in [0.25, 0.3) is 0 Å². The second kappa shape index (κ2) is 6.03. The predicted octanol–water partition coefficient (Wildman–Crippen LogP) is 0.897. The van der Waals surface area contributed by atoms with E-state index in [2.05, 4.69) is 0 Å². The van der Waals surface area contributed by atoms with Crippen LogP contribution >= 0.6 is 0 Å². The number of carbonyl (C=O) groups excluding carboxylic acids is 1. The van der Waals surface area contributed by atoms with Crippen molar-refractivity contribution in [3.05, 3.63) is 0 Å². The monoisotopic (exact) mass is 256 g/mol. The minimum atomic E-state index is -0.914. The van der Waals surface area contributed by atoms with Gasteiger partial charge in [-0.3, -0.25) is 4.90 Å². The Balaban J connectivity index is 2.70. The predicted molar refractivity (Wildman–Crippen MR) is 63.8 cm³/mol. The summed E-state index contributed by atoms with van der Waals surface area (Å²) < 4.78 is 10.5. The summed E-state index contributed by atoms with van der Waals surface area (Å²) in [4.78, 5) is 13.4. The van der Waals surface area contributed by atoms with Crippen molar-refractivity contribution >= 4 is 6.09 Å². The molecule has 0 aromatic rings. The smallest absolute Gasteiger partial charge is 0.410 e. The van der Waals surface area contributed by atoms with Crippen molar-refractivity contribution in [1.82, 2.24) is 4.90 Å². The van der Waals surface area contributed by atoms with Gasteiger partial charge < -0.3 is 14.6 Å². The third-order valence-corrected chi connectivity index (χ3v) is 2.54. The van der Waals surface area contributed by atoms with Gasteiger partial charge in [0.2, 0.25) is 0 Å². The molecule has 6 nitrogen and oxygen atoms in total. The van der Waals surface area contributed by atoms with Crippen LogP contribution in [0.1, 0.15) is 27.2 Å². The van der Waals surface area contributed by atoms with Gasteiger partial charge in [0.05, 0.1) is 37.8 Å². The van der Waals surface area contributed by atoms with Gasteiger partial charge in [-0.15, -0.1) is 0 Å². The molecule has 18 heavy (non-hydrogen) atoms. The highest BCUT2D eigenvalue weighted by atomic mass is 16.6. The highest BCUT2D eigenvalue weighted by Gasteiger charge is 2.35. The molecule has 2 atom stereocenters. The number of aliphatic hydroxyl groups excluding tert-OH is 1. The SMILES string of the molecule is CC(C)(C)OC(=O)N1CCOCC1C(O)CC#N. The maximum atomic E-state index is 12.0. The van der Waals surface area contributed by atoms with Crippen LogP contribution in [0.2, 0.25) is 0 Å². The van der Waals surface area contributed by atoms with E-state index in [-0.39, 0.29) is 13.0 Å². The second-order valence-electron chi connectivity index (χ2n) is 5.25. The molecule has 0 aromatic heterocycles. The molecular formula is C12H20N2O4. The van der Waals surface area contributed by atoms with Gasteiger partial charge in [0.15, 0.2) is 0 Å². The molecule has 1 saturated heterocycles. The number of aliphatic hydroxyl groups is 1. The number of ether oxygens (including phenoxy) is 2. The Morgan fingerprint density at radius 2 is 2.33 bits per heavy atom. The lowest BCUT2D eigenvalue weighted by Gasteiger charge is -2.38. The van der Waals surface area contributed by atoms with Crippen molar-refractivity contribution in [3.8, 4) is 6.07 Å². The van der Waals surface area contributed by atoms with Crippen LogP contribution in [0.4, 0.5) is 4.79 Å². The van der Waals surface area contributed by atoms with Crippen molar-refractivity contribution in [1.29, 1.82) is 5.26 Å². The van der Waals surface area contributed by atoms with Crippen LogP contribution in [0, 0.1) is 11.3 Å². The molecule has 6 heteroatoms. The lowest BCUT2D eigenvalue weighted by Crippen LogP contribution is -2.55. The van der Waals surface area contributed by atoms with Crippen LogP contribution in [-0.2, 0) is 9.47 Å². The second-order valence-corrected chi connectivity index (χ2v) is 5.25. The number of nitriles is 1. The number of hydrogen-bond donors (Lipinski definition) is 1. The fourth-order valence-electron chi connectivity index (χ4n) is 1.72. The highest BCUT2D eigenvalue weighted by molar-refractivity contribution is 5.68. The van der Waals surface area contributed by atoms with E-state index in [0.717, 1.165) is 0 Å². The lowest BCUT2D eigenvalue weighted by atomic mass is 10.1. The maximum Gasteiger partial charge on any atom is 0.410 e. The van der Waals surface area contributed by atoms with E-state index in [1.807, 2.05) is 6.07 Å². The zero-order valence-electron chi connectivity index (χ0n) is 11.0. The van der Waals surface area contributed by atoms with Gasteiger partial charge in [-0.2, -0.15) is 5.26 Å². The summed E-state index contributed by atoms with van der Waals surface area (Å²) in [5, 5.41) is 18.4. The van der Waals surface area contributed by atoms with E-state index < -0.39 is 23.8 Å². The van der Waals surface area contributed by atoms with E-state index in [1.165, 1.54) is 4.90 Å². The average molecular weight is 256 g/mol. The number of nitrogens with zero attached hydrogens (tertiary/aromatic N) is 2. The number of hydrogen-bond acceptors (Lipinski definition) is 5. The molecule has 1 N–H and O–H groups in total. The molecular weight excluding hydrogens is 236 g/mol. The van der Waals surface area contributed by atoms with Crippen LogP contribution in [0.5, 0.6) is 0 Å². The minimum absolute atomic E-state index is 0.0344. The zero-order chi connectivity index (χ0) is 13.8. The fourth-order valence-corrected chi connectivity index (χ4v) is 1.72. The molecule has 2 unspecified atom stereocenters. The fraction of sp³-hybridized carbons (Fsp3) is 0.833. The maximum absolute atomic E-state index is 12.0. The molecule has 1 aliphatic rings. The molecule has 1 heterocycles. The molecule has 1 rings (SSSR count). The van der Waals surface area contributed by atoms with Gasteiger partial charge in [-0.25, -0.2) is 4.79 Å². The van der Waals surface area contributed by atoms with Gasteiger partial charge in [-0.1, -0.05) is 0 Å². The molecule has 0 spiro atoms. The van der Waals surface area contributed by atoms with Gasteiger partial charge in [0, 0.05) is 6.54 Å². The lowest BCUT2D eigenvalue weighted by molar-refractivity contribution is -0.0651. The minimum Gasteiger partial charge on any atom is -0.444 e. The Hall–Kier alpha value is -1.32. The third-order valence-electron chi connectivity index (χ3n) is 2.54. The van der Waals surface area contributed by atoms with E-state index in [1.54, 1.807) is 20.8 Å². The van der Waals surface area contributed by atoms with E-state index in [0.29, 0.717) is 13.2 Å². The number of morpholine rings is 1. The van der Waals surface area contributed by atoms with Gasteiger partial charge >= 0.3 is 6.09 Å². The summed E-state index contributed by atoms with van der Waals surface area (Å²) in [5.41, 5.74) is -0.583. The molecule has 1 aliphatic heterocycles. The third kappa shape index (κ3) is 4.17. The normalized spacial score (nSPS) is 22.2. The van der Waals surface area contributed by atoms with E-state index >= 15 is 0 Å².